The van der Waals surface area contributed by atoms with E-state index >= 15 is 0 Å². The molecule has 1 aromatic heterocycles. The predicted molar refractivity (Wildman–Crippen MR) is 98.9 cm³/mol. The summed E-state index contributed by atoms with van der Waals surface area (Å²) in [6, 6.07) is 10.1. The number of benzene rings is 1. The first-order chi connectivity index (χ1) is 12.2. The van der Waals surface area contributed by atoms with Gasteiger partial charge in [-0.2, -0.15) is 0 Å². The molecule has 2 aromatic rings. The molecule has 0 aliphatic carbocycles. The molecule has 1 amide bonds. The summed E-state index contributed by atoms with van der Waals surface area (Å²) in [7, 11) is -3.69. The van der Waals surface area contributed by atoms with Crippen LogP contribution >= 0.6 is 22.9 Å². The van der Waals surface area contributed by atoms with Crippen LogP contribution in [0.1, 0.15) is 23.3 Å². The number of carboxylic acid groups (broad SMARTS) is 1. The molecule has 0 bridgehead atoms. The lowest BCUT2D eigenvalue weighted by Crippen LogP contribution is -2.29. The molecule has 1 aromatic carbocycles. The SMILES string of the molecule is CC(CNS(=O)(=O)c1ccc(CNC(=O)C(=O)O)s1)c1ccc(Cl)cc1. The highest BCUT2D eigenvalue weighted by molar-refractivity contribution is 7.91. The van der Waals surface area contributed by atoms with E-state index in [2.05, 4.69) is 10.0 Å². The van der Waals surface area contributed by atoms with Crippen molar-refractivity contribution in [2.45, 2.75) is 23.6 Å². The second kappa shape index (κ2) is 8.63. The molecule has 0 spiro atoms. The monoisotopic (exact) mass is 416 g/mol. The normalized spacial score (nSPS) is 12.5. The molecule has 7 nitrogen and oxygen atoms in total. The van der Waals surface area contributed by atoms with E-state index in [-0.39, 0.29) is 23.2 Å². The minimum atomic E-state index is -3.69. The van der Waals surface area contributed by atoms with Crippen molar-refractivity contribution in [1.29, 1.82) is 0 Å². The Morgan fingerprint density at radius 3 is 2.46 bits per heavy atom. The van der Waals surface area contributed by atoms with Gasteiger partial charge in [0.25, 0.3) is 0 Å². The van der Waals surface area contributed by atoms with E-state index in [9.17, 15) is 18.0 Å². The van der Waals surface area contributed by atoms with Gasteiger partial charge in [-0.25, -0.2) is 17.9 Å². The van der Waals surface area contributed by atoms with E-state index in [1.54, 1.807) is 12.1 Å². The lowest BCUT2D eigenvalue weighted by molar-refractivity contribution is -0.150. The molecular formula is C16H17ClN2O5S2. The average Bonchev–Trinajstić information content (AvgIpc) is 3.08. The third kappa shape index (κ3) is 5.53. The maximum absolute atomic E-state index is 12.4. The number of thiophene rings is 1. The zero-order chi connectivity index (χ0) is 19.3. The van der Waals surface area contributed by atoms with Crippen molar-refractivity contribution in [3.63, 3.8) is 0 Å². The van der Waals surface area contributed by atoms with E-state index in [1.807, 2.05) is 19.1 Å². The minimum Gasteiger partial charge on any atom is -0.474 e. The summed E-state index contributed by atoms with van der Waals surface area (Å²) < 4.78 is 27.4. The van der Waals surface area contributed by atoms with Crippen LogP contribution in [0, 0.1) is 0 Å². The van der Waals surface area contributed by atoms with E-state index in [4.69, 9.17) is 16.7 Å². The maximum atomic E-state index is 12.4. The molecule has 0 saturated heterocycles. The number of hydrogen-bond donors (Lipinski definition) is 3. The van der Waals surface area contributed by atoms with Gasteiger partial charge in [-0.15, -0.1) is 11.3 Å². The van der Waals surface area contributed by atoms with Crippen LogP contribution in [-0.2, 0) is 26.2 Å². The summed E-state index contributed by atoms with van der Waals surface area (Å²) in [5.74, 6) is -2.78. The molecule has 1 heterocycles. The van der Waals surface area contributed by atoms with Gasteiger partial charge >= 0.3 is 11.9 Å². The van der Waals surface area contributed by atoms with Crippen molar-refractivity contribution in [3.05, 3.63) is 51.9 Å². The number of carboxylic acids is 1. The number of carbonyl (C=O) groups excluding carboxylic acids is 1. The number of halogens is 1. The van der Waals surface area contributed by atoms with Crippen LogP contribution in [0.15, 0.2) is 40.6 Å². The van der Waals surface area contributed by atoms with Gasteiger partial charge in [0.15, 0.2) is 0 Å². The smallest absolute Gasteiger partial charge is 0.394 e. The topological polar surface area (TPSA) is 113 Å². The second-order valence-electron chi connectivity index (χ2n) is 5.51. The fourth-order valence-electron chi connectivity index (χ4n) is 2.06. The molecule has 2 rings (SSSR count). The standard InChI is InChI=1S/C16H17ClN2O5S2/c1-10(11-2-4-12(17)5-3-11)8-19-26(23,24)14-7-6-13(25-14)9-18-15(20)16(21)22/h2-7,10,19H,8-9H2,1H3,(H,18,20)(H,21,22). The van der Waals surface area contributed by atoms with Crippen LogP contribution in [0.5, 0.6) is 0 Å². The number of amides is 1. The Kier molecular flexibility index (Phi) is 6.76. The van der Waals surface area contributed by atoms with Gasteiger partial charge in [0, 0.05) is 16.4 Å². The molecule has 0 fully saturated rings. The first-order valence-corrected chi connectivity index (χ1v) is 10.2. The van der Waals surface area contributed by atoms with Gasteiger partial charge in [0.2, 0.25) is 10.0 Å². The Morgan fingerprint density at radius 1 is 1.19 bits per heavy atom. The van der Waals surface area contributed by atoms with Gasteiger partial charge in [0.05, 0.1) is 6.54 Å². The fraction of sp³-hybridized carbons (Fsp3) is 0.250. The Bertz CT molecular complexity index is 894. The fourth-order valence-corrected chi connectivity index (χ4v) is 4.65. The lowest BCUT2D eigenvalue weighted by Gasteiger charge is -2.13. The molecule has 10 heteroatoms. The lowest BCUT2D eigenvalue weighted by atomic mass is 10.0. The summed E-state index contributed by atoms with van der Waals surface area (Å²) in [4.78, 5) is 22.0. The average molecular weight is 417 g/mol. The zero-order valence-electron chi connectivity index (χ0n) is 13.7. The minimum absolute atomic E-state index is 0.0451. The van der Waals surface area contributed by atoms with Gasteiger partial charge in [-0.3, -0.25) is 4.79 Å². The molecule has 3 N–H and O–H groups in total. The zero-order valence-corrected chi connectivity index (χ0v) is 16.1. The Hall–Kier alpha value is -1.94. The largest absolute Gasteiger partial charge is 0.474 e. The highest BCUT2D eigenvalue weighted by Gasteiger charge is 2.19. The van der Waals surface area contributed by atoms with E-state index in [1.165, 1.54) is 12.1 Å². The molecule has 0 aliphatic rings. The number of rotatable bonds is 7. The molecule has 1 atom stereocenters. The molecule has 0 radical (unpaired) electrons. The number of aliphatic carboxylic acids is 1. The van der Waals surface area contributed by atoms with Crippen LogP contribution < -0.4 is 10.0 Å². The van der Waals surface area contributed by atoms with E-state index in [0.717, 1.165) is 16.9 Å². The Balaban J connectivity index is 1.96. The number of hydrogen-bond acceptors (Lipinski definition) is 5. The van der Waals surface area contributed by atoms with Crippen LogP contribution in [0.4, 0.5) is 0 Å². The molecule has 0 saturated carbocycles. The van der Waals surface area contributed by atoms with E-state index < -0.39 is 21.9 Å². The van der Waals surface area contributed by atoms with Gasteiger partial charge in [-0.1, -0.05) is 30.7 Å². The van der Waals surface area contributed by atoms with Gasteiger partial charge < -0.3 is 10.4 Å². The highest BCUT2D eigenvalue weighted by Crippen LogP contribution is 2.23. The van der Waals surface area contributed by atoms with Crippen molar-refractivity contribution in [1.82, 2.24) is 10.0 Å². The molecule has 0 aliphatic heterocycles. The van der Waals surface area contributed by atoms with Gasteiger partial charge in [0.1, 0.15) is 4.21 Å². The summed E-state index contributed by atoms with van der Waals surface area (Å²) in [5.41, 5.74) is 0.959. The summed E-state index contributed by atoms with van der Waals surface area (Å²) >= 11 is 6.81. The highest BCUT2D eigenvalue weighted by atomic mass is 35.5. The summed E-state index contributed by atoms with van der Waals surface area (Å²) in [6.07, 6.45) is 0. The number of carbonyl (C=O) groups is 2. The second-order valence-corrected chi connectivity index (χ2v) is 9.11. The summed E-state index contributed by atoms with van der Waals surface area (Å²) in [6.45, 7) is 2.06. The first-order valence-electron chi connectivity index (χ1n) is 7.54. The van der Waals surface area contributed by atoms with Crippen molar-refractivity contribution < 1.29 is 23.1 Å². The van der Waals surface area contributed by atoms with Crippen molar-refractivity contribution in [2.24, 2.45) is 0 Å². The first kappa shape index (κ1) is 20.4. The van der Waals surface area contributed by atoms with E-state index in [0.29, 0.717) is 9.90 Å². The number of sulfonamides is 1. The Labute approximate surface area is 160 Å². The number of nitrogens with one attached hydrogen (secondary N) is 2. The third-order valence-electron chi connectivity index (χ3n) is 3.54. The molecule has 26 heavy (non-hydrogen) atoms. The van der Waals surface area contributed by atoms with Crippen LogP contribution in [-0.4, -0.2) is 31.9 Å². The van der Waals surface area contributed by atoms with Crippen molar-refractivity contribution in [2.75, 3.05) is 6.54 Å². The molecule has 140 valence electrons. The van der Waals surface area contributed by atoms with Crippen LogP contribution in [0.2, 0.25) is 5.02 Å². The maximum Gasteiger partial charge on any atom is 0.394 e. The third-order valence-corrected chi connectivity index (χ3v) is 6.79. The Morgan fingerprint density at radius 2 is 1.85 bits per heavy atom. The van der Waals surface area contributed by atoms with Gasteiger partial charge in [-0.05, 0) is 35.7 Å². The van der Waals surface area contributed by atoms with Crippen molar-refractivity contribution >= 4 is 44.8 Å². The predicted octanol–water partition coefficient (Wildman–Crippen LogP) is 2.18. The molecular weight excluding hydrogens is 400 g/mol. The van der Waals surface area contributed by atoms with Crippen molar-refractivity contribution in [3.8, 4) is 0 Å². The quantitative estimate of drug-likeness (QED) is 0.599. The van der Waals surface area contributed by atoms with Crippen LogP contribution in [0.3, 0.4) is 0 Å². The van der Waals surface area contributed by atoms with Crippen LogP contribution in [0.25, 0.3) is 0 Å². The summed E-state index contributed by atoms with van der Waals surface area (Å²) in [5, 5.41) is 11.3. The molecule has 1 unspecified atom stereocenters.